The molecule has 9 nitrogen and oxygen atoms in total. The molecular weight excluding hydrogens is 453 g/mol. The molecule has 3 heterocycles. The zero-order valence-corrected chi connectivity index (χ0v) is 19.5. The Morgan fingerprint density at radius 2 is 1.89 bits per heavy atom. The fourth-order valence-electron chi connectivity index (χ4n) is 4.53. The van der Waals surface area contributed by atoms with Gasteiger partial charge in [-0.2, -0.15) is 0 Å². The highest BCUT2D eigenvalue weighted by atomic mass is 19.1. The first-order valence-corrected chi connectivity index (χ1v) is 11.5. The lowest BCUT2D eigenvalue weighted by atomic mass is 9.93. The molecule has 3 amide bonds. The van der Waals surface area contributed by atoms with Crippen molar-refractivity contribution in [3.63, 3.8) is 0 Å². The highest BCUT2D eigenvalue weighted by molar-refractivity contribution is 6.07. The van der Waals surface area contributed by atoms with Crippen molar-refractivity contribution in [2.75, 3.05) is 0 Å². The lowest BCUT2D eigenvalue weighted by molar-refractivity contribution is -0.133. The van der Waals surface area contributed by atoms with Crippen LogP contribution in [-0.4, -0.2) is 43.8 Å². The number of benzene rings is 1. The van der Waals surface area contributed by atoms with Crippen molar-refractivity contribution in [1.29, 1.82) is 0 Å². The number of rotatable bonds is 7. The number of halogens is 1. The van der Waals surface area contributed by atoms with E-state index in [1.54, 1.807) is 40.7 Å². The molecule has 1 saturated carbocycles. The fourth-order valence-corrected chi connectivity index (χ4v) is 4.53. The molecule has 1 aromatic carbocycles. The summed E-state index contributed by atoms with van der Waals surface area (Å²) in [6.07, 6.45) is 3.01. The minimum absolute atomic E-state index is 0.0256. The lowest BCUT2D eigenvalue weighted by Crippen LogP contribution is -2.64. The Hall–Kier alpha value is -3.95. The Labute approximate surface area is 201 Å². The van der Waals surface area contributed by atoms with Crippen LogP contribution in [0.4, 0.5) is 4.39 Å². The van der Waals surface area contributed by atoms with Gasteiger partial charge in [0.25, 0.3) is 11.8 Å². The van der Waals surface area contributed by atoms with Gasteiger partial charge in [-0.25, -0.2) is 9.37 Å². The van der Waals surface area contributed by atoms with Crippen LogP contribution in [-0.2, 0) is 24.4 Å². The summed E-state index contributed by atoms with van der Waals surface area (Å²) in [6.45, 7) is 4.08. The number of aryl methyl sites for hydroxylation is 1. The Balaban J connectivity index is 1.36. The SMILES string of the molecule is Cc1ccc(CNC(=O)c2ncn3c2C(=O)N(C2CC2)[C@](C)(C(=O)NCc2ccc(F)cc2)C3)o1. The number of imidazole rings is 1. The summed E-state index contributed by atoms with van der Waals surface area (Å²) in [5, 5.41) is 5.63. The average molecular weight is 480 g/mol. The topological polar surface area (TPSA) is 109 Å². The maximum absolute atomic E-state index is 13.6. The Morgan fingerprint density at radius 3 is 2.54 bits per heavy atom. The molecule has 1 fully saturated rings. The molecule has 1 aliphatic carbocycles. The number of hydrogen-bond donors (Lipinski definition) is 2. The first-order valence-electron chi connectivity index (χ1n) is 11.5. The first-order chi connectivity index (χ1) is 16.8. The van der Waals surface area contributed by atoms with Gasteiger partial charge < -0.3 is 24.5 Å². The number of nitrogens with zero attached hydrogens (tertiary/aromatic N) is 3. The molecule has 1 atom stereocenters. The molecule has 0 unspecified atom stereocenters. The first kappa shape index (κ1) is 22.8. The summed E-state index contributed by atoms with van der Waals surface area (Å²) in [7, 11) is 0. The Morgan fingerprint density at radius 1 is 1.14 bits per heavy atom. The second kappa shape index (κ2) is 8.68. The van der Waals surface area contributed by atoms with Crippen molar-refractivity contribution < 1.29 is 23.2 Å². The molecule has 2 N–H and O–H groups in total. The standard InChI is InChI=1S/C25H26FN5O4/c1-15-3-10-19(35-15)12-27-22(32)20-21-23(33)31(18-8-9-18)25(2,13-30(21)14-29-20)24(34)28-11-16-4-6-17(26)7-5-16/h3-7,10,14,18H,8-9,11-13H2,1-2H3,(H,27,32)(H,28,34)/t25-/m0/s1. The minimum atomic E-state index is -1.16. The van der Waals surface area contributed by atoms with E-state index >= 15 is 0 Å². The van der Waals surface area contributed by atoms with Crippen LogP contribution in [0.3, 0.4) is 0 Å². The van der Waals surface area contributed by atoms with Gasteiger partial charge in [-0.3, -0.25) is 14.4 Å². The molecule has 2 aliphatic rings. The van der Waals surface area contributed by atoms with E-state index in [9.17, 15) is 18.8 Å². The van der Waals surface area contributed by atoms with Crippen molar-refractivity contribution in [3.8, 4) is 0 Å². The number of carbonyl (C=O) groups excluding carboxylic acids is 3. The zero-order chi connectivity index (χ0) is 24.7. The summed E-state index contributed by atoms with van der Waals surface area (Å²) in [4.78, 5) is 45.7. The van der Waals surface area contributed by atoms with Crippen molar-refractivity contribution in [2.45, 2.75) is 57.9 Å². The van der Waals surface area contributed by atoms with Crippen LogP contribution in [0.5, 0.6) is 0 Å². The Kier molecular flexibility index (Phi) is 5.66. The predicted octanol–water partition coefficient (Wildman–Crippen LogP) is 2.55. The molecule has 0 radical (unpaired) electrons. The molecule has 0 spiro atoms. The molecule has 10 heteroatoms. The third kappa shape index (κ3) is 4.31. The van der Waals surface area contributed by atoms with Gasteiger partial charge in [-0.1, -0.05) is 12.1 Å². The van der Waals surface area contributed by atoms with Crippen LogP contribution >= 0.6 is 0 Å². The maximum Gasteiger partial charge on any atom is 0.274 e. The number of furan rings is 1. The summed E-state index contributed by atoms with van der Waals surface area (Å²) in [5.74, 6) is -0.214. The number of nitrogens with one attached hydrogen (secondary N) is 2. The maximum atomic E-state index is 13.6. The zero-order valence-electron chi connectivity index (χ0n) is 19.5. The van der Waals surface area contributed by atoms with Gasteiger partial charge in [0.1, 0.15) is 28.6 Å². The largest absolute Gasteiger partial charge is 0.465 e. The number of carbonyl (C=O) groups is 3. The van der Waals surface area contributed by atoms with E-state index in [1.807, 2.05) is 6.92 Å². The highest BCUT2D eigenvalue weighted by Gasteiger charge is 2.53. The van der Waals surface area contributed by atoms with E-state index in [2.05, 4.69) is 15.6 Å². The van der Waals surface area contributed by atoms with E-state index < -0.39 is 17.4 Å². The van der Waals surface area contributed by atoms with Gasteiger partial charge in [0.05, 0.1) is 19.4 Å². The van der Waals surface area contributed by atoms with E-state index in [0.29, 0.717) is 5.76 Å². The van der Waals surface area contributed by atoms with E-state index in [0.717, 1.165) is 24.2 Å². The van der Waals surface area contributed by atoms with Gasteiger partial charge in [-0.15, -0.1) is 0 Å². The van der Waals surface area contributed by atoms with Crippen LogP contribution in [0.25, 0.3) is 0 Å². The van der Waals surface area contributed by atoms with Gasteiger partial charge in [0.2, 0.25) is 5.91 Å². The fraction of sp³-hybridized carbons (Fsp3) is 0.360. The van der Waals surface area contributed by atoms with Crippen LogP contribution < -0.4 is 10.6 Å². The quantitative estimate of drug-likeness (QED) is 0.541. The molecule has 2 aromatic heterocycles. The third-order valence-corrected chi connectivity index (χ3v) is 6.47. The van der Waals surface area contributed by atoms with Crippen molar-refractivity contribution in [2.24, 2.45) is 0 Å². The summed E-state index contributed by atoms with van der Waals surface area (Å²) in [5.41, 5.74) is -0.213. The van der Waals surface area contributed by atoms with E-state index in [1.165, 1.54) is 18.5 Å². The van der Waals surface area contributed by atoms with Crippen LogP contribution in [0.15, 0.2) is 47.1 Å². The van der Waals surface area contributed by atoms with Gasteiger partial charge in [-0.05, 0) is 56.5 Å². The second-order valence-corrected chi connectivity index (χ2v) is 9.25. The van der Waals surface area contributed by atoms with Gasteiger partial charge >= 0.3 is 0 Å². The van der Waals surface area contributed by atoms with Crippen molar-refractivity contribution in [3.05, 3.63) is 77.0 Å². The van der Waals surface area contributed by atoms with Crippen LogP contribution in [0.1, 0.15) is 57.8 Å². The van der Waals surface area contributed by atoms with E-state index in [4.69, 9.17) is 4.42 Å². The second-order valence-electron chi connectivity index (χ2n) is 9.25. The van der Waals surface area contributed by atoms with Gasteiger partial charge in [0, 0.05) is 12.6 Å². The highest BCUT2D eigenvalue weighted by Crippen LogP contribution is 2.38. The number of hydrogen-bond acceptors (Lipinski definition) is 5. The predicted molar refractivity (Wildman–Crippen MR) is 123 cm³/mol. The molecule has 182 valence electrons. The molecule has 5 rings (SSSR count). The van der Waals surface area contributed by atoms with Crippen LogP contribution in [0.2, 0.25) is 0 Å². The van der Waals surface area contributed by atoms with Gasteiger partial charge in [0.15, 0.2) is 5.69 Å². The number of fused-ring (bicyclic) bond motifs is 1. The van der Waals surface area contributed by atoms with Crippen LogP contribution in [0, 0.1) is 12.7 Å². The third-order valence-electron chi connectivity index (χ3n) is 6.47. The monoisotopic (exact) mass is 479 g/mol. The normalized spacial score (nSPS) is 19.4. The average Bonchev–Trinajstić information content (AvgIpc) is 3.42. The van der Waals surface area contributed by atoms with E-state index in [-0.39, 0.29) is 48.8 Å². The summed E-state index contributed by atoms with van der Waals surface area (Å²) in [6, 6.07) is 9.38. The summed E-state index contributed by atoms with van der Waals surface area (Å²) < 4.78 is 20.2. The molecule has 35 heavy (non-hydrogen) atoms. The summed E-state index contributed by atoms with van der Waals surface area (Å²) >= 11 is 0. The molecule has 0 saturated heterocycles. The van der Waals surface area contributed by atoms with Crippen molar-refractivity contribution >= 4 is 17.7 Å². The minimum Gasteiger partial charge on any atom is -0.465 e. The Bertz CT molecular complexity index is 1290. The molecule has 1 aliphatic heterocycles. The lowest BCUT2D eigenvalue weighted by Gasteiger charge is -2.44. The number of amides is 3. The smallest absolute Gasteiger partial charge is 0.274 e. The molecular formula is C25H26FN5O4. The molecule has 3 aromatic rings. The van der Waals surface area contributed by atoms with Crippen molar-refractivity contribution in [1.82, 2.24) is 25.1 Å². The number of aromatic nitrogens is 2. The molecule has 0 bridgehead atoms.